The zero-order valence-electron chi connectivity index (χ0n) is 6.48. The van der Waals surface area contributed by atoms with Crippen molar-refractivity contribution >= 4 is 5.71 Å². The summed E-state index contributed by atoms with van der Waals surface area (Å²) in [5.74, 6) is 0. The highest BCUT2D eigenvalue weighted by Crippen LogP contribution is 1.77. The van der Waals surface area contributed by atoms with Crippen molar-refractivity contribution in [2.45, 2.75) is 20.8 Å². The largest absolute Gasteiger partial charge is 0.380 e. The molecular weight excluding hydrogens is 114 g/mol. The number of rotatable bonds is 4. The summed E-state index contributed by atoms with van der Waals surface area (Å²) in [6.07, 6.45) is 0. The number of hydrogen-bond donors (Lipinski definition) is 0. The molecule has 0 aliphatic carbocycles. The van der Waals surface area contributed by atoms with Gasteiger partial charge in [-0.3, -0.25) is 4.99 Å². The molecule has 0 aromatic carbocycles. The fraction of sp³-hybridized carbons (Fsp3) is 0.857. The molecule has 0 aromatic heterocycles. The highest BCUT2D eigenvalue weighted by atomic mass is 16.5. The Bertz CT molecular complexity index is 84.9. The highest BCUT2D eigenvalue weighted by molar-refractivity contribution is 5.78. The van der Waals surface area contributed by atoms with Crippen molar-refractivity contribution in [3.63, 3.8) is 0 Å². The van der Waals surface area contributed by atoms with Crippen LogP contribution in [0.4, 0.5) is 0 Å². The van der Waals surface area contributed by atoms with Crippen molar-refractivity contribution in [1.29, 1.82) is 0 Å². The first-order valence-electron chi connectivity index (χ1n) is 3.32. The van der Waals surface area contributed by atoms with Gasteiger partial charge in [0, 0.05) is 12.3 Å². The van der Waals surface area contributed by atoms with E-state index in [4.69, 9.17) is 4.74 Å². The molecule has 0 spiro atoms. The van der Waals surface area contributed by atoms with Gasteiger partial charge >= 0.3 is 0 Å². The normalized spacial score (nSPS) is 9.22. The summed E-state index contributed by atoms with van der Waals surface area (Å²) in [6, 6.07) is 0. The van der Waals surface area contributed by atoms with Crippen molar-refractivity contribution in [3.8, 4) is 0 Å². The lowest BCUT2D eigenvalue weighted by molar-refractivity contribution is 0.156. The minimum Gasteiger partial charge on any atom is -0.380 e. The molecule has 0 aliphatic rings. The quantitative estimate of drug-likeness (QED) is 0.416. The number of hydrogen-bond acceptors (Lipinski definition) is 2. The second kappa shape index (κ2) is 5.76. The van der Waals surface area contributed by atoms with Gasteiger partial charge in [0.1, 0.15) is 0 Å². The summed E-state index contributed by atoms with van der Waals surface area (Å²) in [6.45, 7) is 8.32. The third kappa shape index (κ3) is 7.63. The fourth-order valence-corrected chi connectivity index (χ4v) is 0.478. The molecule has 0 saturated carbocycles. The number of aliphatic imine (C=N–C) groups is 1. The Morgan fingerprint density at radius 2 is 2.11 bits per heavy atom. The Morgan fingerprint density at radius 3 is 2.56 bits per heavy atom. The molecule has 0 aromatic rings. The number of nitrogens with zero attached hydrogens (tertiary/aromatic N) is 1. The standard InChI is InChI=1S/C7H15NO/c1-4-9-6-5-8-7(2)3/h4-6H2,1-3H3. The summed E-state index contributed by atoms with van der Waals surface area (Å²) in [7, 11) is 0. The topological polar surface area (TPSA) is 21.6 Å². The Hall–Kier alpha value is -0.370. The minimum atomic E-state index is 0.752. The van der Waals surface area contributed by atoms with E-state index in [1.807, 2.05) is 20.8 Å². The van der Waals surface area contributed by atoms with Gasteiger partial charge in [-0.1, -0.05) is 0 Å². The van der Waals surface area contributed by atoms with Gasteiger partial charge in [-0.2, -0.15) is 0 Å². The van der Waals surface area contributed by atoms with Crippen molar-refractivity contribution in [3.05, 3.63) is 0 Å². The third-order valence-corrected chi connectivity index (χ3v) is 0.868. The lowest BCUT2D eigenvalue weighted by atomic mass is 10.5. The third-order valence-electron chi connectivity index (χ3n) is 0.868. The van der Waals surface area contributed by atoms with Gasteiger partial charge < -0.3 is 4.74 Å². The molecule has 0 rings (SSSR count). The molecule has 0 bridgehead atoms. The van der Waals surface area contributed by atoms with Crippen LogP contribution in [0.1, 0.15) is 20.8 Å². The van der Waals surface area contributed by atoms with Crippen LogP contribution in [0.2, 0.25) is 0 Å². The maximum absolute atomic E-state index is 5.08. The fourth-order valence-electron chi connectivity index (χ4n) is 0.478. The van der Waals surface area contributed by atoms with Gasteiger partial charge in [0.05, 0.1) is 13.2 Å². The molecule has 0 saturated heterocycles. The zero-order valence-corrected chi connectivity index (χ0v) is 6.48. The average molecular weight is 129 g/mol. The number of ether oxygens (including phenoxy) is 1. The highest BCUT2D eigenvalue weighted by Gasteiger charge is 1.80. The first-order valence-corrected chi connectivity index (χ1v) is 3.32. The molecular formula is C7H15NO. The van der Waals surface area contributed by atoms with E-state index >= 15 is 0 Å². The lowest BCUT2D eigenvalue weighted by Gasteiger charge is -1.95. The molecule has 0 fully saturated rings. The maximum Gasteiger partial charge on any atom is 0.0661 e. The van der Waals surface area contributed by atoms with Gasteiger partial charge in [-0.25, -0.2) is 0 Å². The first kappa shape index (κ1) is 8.63. The zero-order chi connectivity index (χ0) is 7.11. The van der Waals surface area contributed by atoms with Gasteiger partial charge in [-0.15, -0.1) is 0 Å². The van der Waals surface area contributed by atoms with E-state index in [0.717, 1.165) is 25.5 Å². The molecule has 0 N–H and O–H groups in total. The van der Waals surface area contributed by atoms with Crippen molar-refractivity contribution in [1.82, 2.24) is 0 Å². The average Bonchev–Trinajstić information content (AvgIpc) is 1.80. The van der Waals surface area contributed by atoms with E-state index in [9.17, 15) is 0 Å². The molecule has 2 nitrogen and oxygen atoms in total. The van der Waals surface area contributed by atoms with Crippen molar-refractivity contribution in [2.24, 2.45) is 4.99 Å². The van der Waals surface area contributed by atoms with E-state index in [1.165, 1.54) is 0 Å². The molecule has 0 heterocycles. The monoisotopic (exact) mass is 129 g/mol. The molecule has 0 radical (unpaired) electrons. The van der Waals surface area contributed by atoms with Crippen LogP contribution in [0, 0.1) is 0 Å². The SMILES string of the molecule is CCOCCN=C(C)C. The maximum atomic E-state index is 5.08. The predicted octanol–water partition coefficient (Wildman–Crippen LogP) is 1.50. The second-order valence-electron chi connectivity index (χ2n) is 2.03. The first-order chi connectivity index (χ1) is 4.27. The Labute approximate surface area is 56.9 Å². The second-order valence-corrected chi connectivity index (χ2v) is 2.03. The van der Waals surface area contributed by atoms with Crippen LogP contribution < -0.4 is 0 Å². The molecule has 0 unspecified atom stereocenters. The predicted molar refractivity (Wildman–Crippen MR) is 40.1 cm³/mol. The van der Waals surface area contributed by atoms with Gasteiger partial charge in [0.25, 0.3) is 0 Å². The van der Waals surface area contributed by atoms with Crippen molar-refractivity contribution in [2.75, 3.05) is 19.8 Å². The van der Waals surface area contributed by atoms with Crippen LogP contribution in [-0.2, 0) is 4.74 Å². The Morgan fingerprint density at radius 1 is 1.44 bits per heavy atom. The van der Waals surface area contributed by atoms with E-state index in [-0.39, 0.29) is 0 Å². The molecule has 2 heteroatoms. The summed E-state index contributed by atoms with van der Waals surface area (Å²) in [5, 5.41) is 0. The van der Waals surface area contributed by atoms with Crippen LogP contribution in [0.15, 0.2) is 4.99 Å². The Balaban J connectivity index is 3.00. The summed E-state index contributed by atoms with van der Waals surface area (Å²) in [4.78, 5) is 4.15. The van der Waals surface area contributed by atoms with Crippen LogP contribution in [0.5, 0.6) is 0 Å². The Kier molecular flexibility index (Phi) is 5.52. The molecule has 0 atom stereocenters. The summed E-state index contributed by atoms with van der Waals surface area (Å²) in [5.41, 5.74) is 1.12. The molecule has 0 amide bonds. The molecule has 54 valence electrons. The van der Waals surface area contributed by atoms with E-state index in [2.05, 4.69) is 4.99 Å². The van der Waals surface area contributed by atoms with E-state index in [0.29, 0.717) is 0 Å². The summed E-state index contributed by atoms with van der Waals surface area (Å²) < 4.78 is 5.08. The van der Waals surface area contributed by atoms with Crippen LogP contribution in [0.3, 0.4) is 0 Å². The van der Waals surface area contributed by atoms with Gasteiger partial charge in [0.2, 0.25) is 0 Å². The molecule has 0 aliphatic heterocycles. The van der Waals surface area contributed by atoms with E-state index < -0.39 is 0 Å². The van der Waals surface area contributed by atoms with Crippen molar-refractivity contribution < 1.29 is 4.74 Å². The van der Waals surface area contributed by atoms with Gasteiger partial charge in [0.15, 0.2) is 0 Å². The minimum absolute atomic E-state index is 0.752. The van der Waals surface area contributed by atoms with Crippen LogP contribution in [-0.4, -0.2) is 25.5 Å². The van der Waals surface area contributed by atoms with Crippen LogP contribution >= 0.6 is 0 Å². The lowest BCUT2D eigenvalue weighted by Crippen LogP contribution is -1.98. The smallest absolute Gasteiger partial charge is 0.0661 e. The van der Waals surface area contributed by atoms with Crippen LogP contribution in [0.25, 0.3) is 0 Å². The van der Waals surface area contributed by atoms with Gasteiger partial charge in [-0.05, 0) is 20.8 Å². The summed E-state index contributed by atoms with van der Waals surface area (Å²) >= 11 is 0. The molecule has 9 heavy (non-hydrogen) atoms. The van der Waals surface area contributed by atoms with E-state index in [1.54, 1.807) is 0 Å².